The summed E-state index contributed by atoms with van der Waals surface area (Å²) in [6.07, 6.45) is 1.50. The Labute approximate surface area is 78.1 Å². The molecule has 0 radical (unpaired) electrons. The molecule has 74 valence electrons. The quantitative estimate of drug-likeness (QED) is 0.617. The van der Waals surface area contributed by atoms with Crippen molar-refractivity contribution in [3.05, 3.63) is 0 Å². The van der Waals surface area contributed by atoms with E-state index in [4.69, 9.17) is 9.84 Å². The van der Waals surface area contributed by atoms with Crippen molar-refractivity contribution < 1.29 is 14.6 Å². The zero-order chi connectivity index (χ0) is 9.64. The Bertz CT molecular complexity index is 234. The Hall–Kier alpha value is -0.570. The van der Waals surface area contributed by atoms with Gasteiger partial charge in [0.1, 0.15) is 6.10 Å². The minimum atomic E-state index is -0.0961. The number of fused-ring (bicyclic) bond motifs is 1. The maximum atomic E-state index is 11.1. The minimum absolute atomic E-state index is 0.0390. The lowest BCUT2D eigenvalue weighted by Gasteiger charge is -2.24. The molecule has 2 rings (SSSR count). The molecule has 0 aromatic rings. The number of esters is 1. The normalized spacial score (nSPS) is 41.8. The lowest BCUT2D eigenvalue weighted by atomic mass is 9.88. The average molecular weight is 184 g/mol. The van der Waals surface area contributed by atoms with E-state index in [0.29, 0.717) is 6.42 Å². The van der Waals surface area contributed by atoms with Gasteiger partial charge in [0, 0.05) is 17.9 Å². The van der Waals surface area contributed by atoms with E-state index in [1.54, 1.807) is 0 Å². The summed E-state index contributed by atoms with van der Waals surface area (Å²) in [5.74, 6) is 0.417. The first kappa shape index (κ1) is 9.00. The summed E-state index contributed by atoms with van der Waals surface area (Å²) >= 11 is 0. The van der Waals surface area contributed by atoms with E-state index < -0.39 is 0 Å². The van der Waals surface area contributed by atoms with Gasteiger partial charge in [0.15, 0.2) is 0 Å². The number of carbonyl (C=O) groups is 1. The van der Waals surface area contributed by atoms with Gasteiger partial charge in [0.05, 0.1) is 6.42 Å². The van der Waals surface area contributed by atoms with Crippen molar-refractivity contribution in [2.45, 2.75) is 32.8 Å². The highest BCUT2D eigenvalue weighted by molar-refractivity contribution is 5.72. The fourth-order valence-corrected chi connectivity index (χ4v) is 2.87. The molecule has 0 aromatic carbocycles. The van der Waals surface area contributed by atoms with E-state index in [0.717, 1.165) is 6.42 Å². The molecule has 0 unspecified atom stereocenters. The van der Waals surface area contributed by atoms with Gasteiger partial charge in [-0.3, -0.25) is 4.79 Å². The van der Waals surface area contributed by atoms with Crippen LogP contribution in [0.2, 0.25) is 0 Å². The predicted molar refractivity (Wildman–Crippen MR) is 47.0 cm³/mol. The van der Waals surface area contributed by atoms with Gasteiger partial charge in [-0.05, 0) is 12.3 Å². The lowest BCUT2D eigenvalue weighted by molar-refractivity contribution is -0.145. The number of aliphatic hydroxyl groups is 1. The van der Waals surface area contributed by atoms with Crippen LogP contribution in [0.25, 0.3) is 0 Å². The Kier molecular flexibility index (Phi) is 1.88. The Morgan fingerprint density at radius 2 is 2.31 bits per heavy atom. The summed E-state index contributed by atoms with van der Waals surface area (Å²) in [6.45, 7) is 4.40. The Morgan fingerprint density at radius 3 is 2.92 bits per heavy atom. The number of ether oxygens (including phenoxy) is 1. The third-order valence-electron chi connectivity index (χ3n) is 3.45. The maximum Gasteiger partial charge on any atom is 0.306 e. The number of hydrogen-bond acceptors (Lipinski definition) is 3. The van der Waals surface area contributed by atoms with E-state index in [2.05, 4.69) is 13.8 Å². The van der Waals surface area contributed by atoms with Gasteiger partial charge in [-0.2, -0.15) is 0 Å². The van der Waals surface area contributed by atoms with Gasteiger partial charge in [-0.1, -0.05) is 13.8 Å². The molecule has 0 spiro atoms. The van der Waals surface area contributed by atoms with Gasteiger partial charge in [0.2, 0.25) is 0 Å². The number of carbonyl (C=O) groups excluding carboxylic acids is 1. The second-order valence-electron chi connectivity index (χ2n) is 4.91. The second kappa shape index (κ2) is 2.71. The smallest absolute Gasteiger partial charge is 0.306 e. The summed E-state index contributed by atoms with van der Waals surface area (Å²) in [4.78, 5) is 11.1. The van der Waals surface area contributed by atoms with Crippen LogP contribution in [-0.4, -0.2) is 23.8 Å². The summed E-state index contributed by atoms with van der Waals surface area (Å²) < 4.78 is 5.28. The molecule has 1 N–H and O–H groups in total. The highest BCUT2D eigenvalue weighted by Crippen LogP contribution is 2.51. The molecule has 2 fully saturated rings. The third kappa shape index (κ3) is 1.26. The summed E-state index contributed by atoms with van der Waals surface area (Å²) in [5, 5.41) is 9.16. The molecule has 1 aliphatic heterocycles. The topological polar surface area (TPSA) is 46.5 Å². The van der Waals surface area contributed by atoms with Crippen LogP contribution in [0.3, 0.4) is 0 Å². The maximum absolute atomic E-state index is 11.1. The molecule has 1 saturated carbocycles. The highest BCUT2D eigenvalue weighted by atomic mass is 16.6. The lowest BCUT2D eigenvalue weighted by Crippen LogP contribution is -2.26. The standard InChI is InChI=1S/C10H16O3/c1-10(2)4-6(5-11)7-3-8(12)13-9(7)10/h6-7,9,11H,3-5H2,1-2H3/t6-,7+,9+/m0/s1. The molecule has 0 aromatic heterocycles. The fourth-order valence-electron chi connectivity index (χ4n) is 2.87. The molecule has 2 aliphatic rings. The summed E-state index contributed by atoms with van der Waals surface area (Å²) in [7, 11) is 0. The van der Waals surface area contributed by atoms with Crippen LogP contribution in [-0.2, 0) is 9.53 Å². The molecule has 1 saturated heterocycles. The van der Waals surface area contributed by atoms with Crippen molar-refractivity contribution in [2.75, 3.05) is 6.61 Å². The van der Waals surface area contributed by atoms with Gasteiger partial charge < -0.3 is 9.84 Å². The first-order valence-electron chi connectivity index (χ1n) is 4.85. The molecule has 0 bridgehead atoms. The van der Waals surface area contributed by atoms with E-state index in [1.165, 1.54) is 0 Å². The van der Waals surface area contributed by atoms with Crippen LogP contribution in [0, 0.1) is 17.3 Å². The highest BCUT2D eigenvalue weighted by Gasteiger charge is 2.54. The molecule has 1 heterocycles. The van der Waals surface area contributed by atoms with Crippen LogP contribution in [0.15, 0.2) is 0 Å². The second-order valence-corrected chi connectivity index (χ2v) is 4.91. The molecular weight excluding hydrogens is 168 g/mol. The molecular formula is C10H16O3. The van der Waals surface area contributed by atoms with E-state index in [-0.39, 0.29) is 35.9 Å². The Balaban J connectivity index is 2.22. The van der Waals surface area contributed by atoms with Crippen LogP contribution in [0.4, 0.5) is 0 Å². The van der Waals surface area contributed by atoms with Crippen LogP contribution in [0.5, 0.6) is 0 Å². The zero-order valence-electron chi connectivity index (χ0n) is 8.12. The van der Waals surface area contributed by atoms with E-state index >= 15 is 0 Å². The summed E-state index contributed by atoms with van der Waals surface area (Å²) in [6, 6.07) is 0. The monoisotopic (exact) mass is 184 g/mol. The molecule has 3 atom stereocenters. The average Bonchev–Trinajstić information content (AvgIpc) is 2.51. The zero-order valence-corrected chi connectivity index (χ0v) is 8.12. The molecule has 1 aliphatic carbocycles. The van der Waals surface area contributed by atoms with Gasteiger partial charge >= 0.3 is 5.97 Å². The third-order valence-corrected chi connectivity index (χ3v) is 3.45. The van der Waals surface area contributed by atoms with Crippen molar-refractivity contribution in [1.82, 2.24) is 0 Å². The molecule has 13 heavy (non-hydrogen) atoms. The fraction of sp³-hybridized carbons (Fsp3) is 0.900. The van der Waals surface area contributed by atoms with Crippen LogP contribution in [0.1, 0.15) is 26.7 Å². The van der Waals surface area contributed by atoms with Crippen LogP contribution >= 0.6 is 0 Å². The van der Waals surface area contributed by atoms with Gasteiger partial charge in [0.25, 0.3) is 0 Å². The number of rotatable bonds is 1. The predicted octanol–water partition coefficient (Wildman–Crippen LogP) is 0.956. The Morgan fingerprint density at radius 1 is 1.62 bits per heavy atom. The van der Waals surface area contributed by atoms with Gasteiger partial charge in [-0.25, -0.2) is 0 Å². The van der Waals surface area contributed by atoms with E-state index in [1.807, 2.05) is 0 Å². The molecule has 0 amide bonds. The van der Waals surface area contributed by atoms with Crippen molar-refractivity contribution in [1.29, 1.82) is 0 Å². The molecule has 3 nitrogen and oxygen atoms in total. The summed E-state index contributed by atoms with van der Waals surface area (Å²) in [5.41, 5.74) is 0.0459. The van der Waals surface area contributed by atoms with E-state index in [9.17, 15) is 4.79 Å². The molecule has 3 heteroatoms. The number of aliphatic hydroxyl groups excluding tert-OH is 1. The number of hydrogen-bond donors (Lipinski definition) is 1. The first-order chi connectivity index (χ1) is 6.04. The SMILES string of the molecule is CC1(C)C[C@@H](CO)[C@H]2CC(=O)O[C@H]21. The van der Waals surface area contributed by atoms with Crippen molar-refractivity contribution >= 4 is 5.97 Å². The first-order valence-corrected chi connectivity index (χ1v) is 4.85. The van der Waals surface area contributed by atoms with Crippen molar-refractivity contribution in [2.24, 2.45) is 17.3 Å². The van der Waals surface area contributed by atoms with Crippen molar-refractivity contribution in [3.8, 4) is 0 Å². The largest absolute Gasteiger partial charge is 0.461 e. The van der Waals surface area contributed by atoms with Crippen LogP contribution < -0.4 is 0 Å². The van der Waals surface area contributed by atoms with Crippen molar-refractivity contribution in [3.63, 3.8) is 0 Å². The van der Waals surface area contributed by atoms with Gasteiger partial charge in [-0.15, -0.1) is 0 Å². The minimum Gasteiger partial charge on any atom is -0.461 e.